The monoisotopic (exact) mass is 890 g/mol. The summed E-state index contributed by atoms with van der Waals surface area (Å²) >= 11 is 0. The molecular weight excluding hydrogens is 833 g/mol. The molecule has 0 radical (unpaired) electrons. The zero-order valence-corrected chi connectivity index (χ0v) is 39.4. The lowest BCUT2D eigenvalue weighted by atomic mass is 9.82. The molecule has 0 heterocycles. The number of aryl methyl sites for hydroxylation is 2. The van der Waals surface area contributed by atoms with E-state index in [0.29, 0.717) is 24.3 Å². The van der Waals surface area contributed by atoms with Crippen LogP contribution in [0.15, 0.2) is 198 Å². The summed E-state index contributed by atoms with van der Waals surface area (Å²) in [6.07, 6.45) is 33.2. The Balaban J connectivity index is 0.916. The highest BCUT2D eigenvalue weighted by Crippen LogP contribution is 2.48. The molecule has 338 valence electrons. The van der Waals surface area contributed by atoms with Crippen LogP contribution in [0.2, 0.25) is 0 Å². The lowest BCUT2D eigenvalue weighted by molar-refractivity contribution is 0.131. The van der Waals surface area contributed by atoms with Gasteiger partial charge in [0.25, 0.3) is 0 Å². The number of phenolic OH excluding ortho intramolecular Hbond substituents is 2. The Bertz CT molecular complexity index is 3250. The first-order valence-electron chi connectivity index (χ1n) is 24.1. The van der Waals surface area contributed by atoms with Gasteiger partial charge in [0.2, 0.25) is 0 Å². The largest absolute Gasteiger partial charge is 0.507 e. The maximum absolute atomic E-state index is 12.3. The summed E-state index contributed by atoms with van der Waals surface area (Å²) in [5.74, 6) is 1.89. The van der Waals surface area contributed by atoms with E-state index in [1.54, 1.807) is 0 Å². The standard InChI is InChI=1S/C64H58O4/c1-41-33-50(40-56-46-20-12-11-19-45(31-32-46)38-47-21-7-5-9-24-51(47)56)63(65)57(34-41)54-27-15-17-29-60(54)67-43(3)37-44(4)68-61-30-18-16-28-55(61)58-35-42(2)36-59(64(58)66)62-52-25-10-6-8-22-48(52)39-49-23-13-14-26-53(49)62/h7-30,33-36,38-39,43-44,65-66H,5-6,31-32,37,40H2,1-4H3/t43?,44-/m0/s1. The van der Waals surface area contributed by atoms with Gasteiger partial charge in [0.15, 0.2) is 0 Å². The van der Waals surface area contributed by atoms with E-state index in [2.05, 4.69) is 155 Å². The molecule has 0 amide bonds. The minimum absolute atomic E-state index is 0.225. The van der Waals surface area contributed by atoms with Gasteiger partial charge in [-0.25, -0.2) is 0 Å². The van der Waals surface area contributed by atoms with Crippen molar-refractivity contribution in [2.75, 3.05) is 0 Å². The van der Waals surface area contributed by atoms with Gasteiger partial charge in [0.1, 0.15) is 23.0 Å². The molecule has 6 aromatic rings. The second-order valence-corrected chi connectivity index (χ2v) is 18.7. The smallest absolute Gasteiger partial charge is 0.131 e. The first-order valence-corrected chi connectivity index (χ1v) is 24.1. The van der Waals surface area contributed by atoms with Gasteiger partial charge in [-0.2, -0.15) is 0 Å². The topological polar surface area (TPSA) is 58.9 Å². The lowest BCUT2D eigenvalue weighted by Crippen LogP contribution is -2.23. The number of hydrogen-bond donors (Lipinski definition) is 2. The van der Waals surface area contributed by atoms with Crippen LogP contribution in [0.4, 0.5) is 0 Å². The van der Waals surface area contributed by atoms with Gasteiger partial charge in [-0.05, 0) is 156 Å². The summed E-state index contributed by atoms with van der Waals surface area (Å²) in [4.78, 5) is 0. The first-order chi connectivity index (χ1) is 33.2. The third-order valence-electron chi connectivity index (χ3n) is 13.5. The highest BCUT2D eigenvalue weighted by molar-refractivity contribution is 6.05. The Morgan fingerprint density at radius 3 is 1.97 bits per heavy atom. The fourth-order valence-electron chi connectivity index (χ4n) is 10.4. The molecule has 0 aliphatic heterocycles. The van der Waals surface area contributed by atoms with E-state index in [1.807, 2.05) is 54.6 Å². The van der Waals surface area contributed by atoms with E-state index in [9.17, 15) is 10.2 Å². The van der Waals surface area contributed by atoms with Gasteiger partial charge in [-0.1, -0.05) is 146 Å². The molecule has 6 aromatic carbocycles. The molecule has 2 bridgehead atoms. The van der Waals surface area contributed by atoms with Crippen molar-refractivity contribution in [1.82, 2.24) is 0 Å². The van der Waals surface area contributed by atoms with Crippen molar-refractivity contribution in [3.8, 4) is 56.4 Å². The maximum atomic E-state index is 12.3. The molecule has 1 unspecified atom stereocenters. The molecule has 10 rings (SSSR count). The molecule has 0 fully saturated rings. The maximum Gasteiger partial charge on any atom is 0.131 e. The molecular formula is C64H58O4. The molecule has 68 heavy (non-hydrogen) atoms. The van der Waals surface area contributed by atoms with Crippen LogP contribution in [-0.4, -0.2) is 22.4 Å². The van der Waals surface area contributed by atoms with Gasteiger partial charge in [-0.3, -0.25) is 0 Å². The Labute approximate surface area is 401 Å². The molecule has 4 aliphatic rings. The first kappa shape index (κ1) is 44.3. The fourth-order valence-corrected chi connectivity index (χ4v) is 10.4. The quantitative estimate of drug-likeness (QED) is 0.136. The van der Waals surface area contributed by atoms with Crippen LogP contribution in [0.25, 0.3) is 56.3 Å². The number of benzene rings is 6. The third kappa shape index (κ3) is 9.12. The van der Waals surface area contributed by atoms with Gasteiger partial charge < -0.3 is 19.7 Å². The number of rotatable bonds is 11. The van der Waals surface area contributed by atoms with E-state index in [-0.39, 0.29) is 23.7 Å². The van der Waals surface area contributed by atoms with Crippen LogP contribution in [0.5, 0.6) is 23.0 Å². The van der Waals surface area contributed by atoms with E-state index in [4.69, 9.17) is 9.47 Å². The zero-order chi connectivity index (χ0) is 46.7. The summed E-state index contributed by atoms with van der Waals surface area (Å²) in [5, 5.41) is 26.8. The molecule has 4 aliphatic carbocycles. The molecule has 4 nitrogen and oxygen atoms in total. The van der Waals surface area contributed by atoms with Crippen molar-refractivity contribution in [3.63, 3.8) is 0 Å². The zero-order valence-electron chi connectivity index (χ0n) is 39.4. The minimum Gasteiger partial charge on any atom is -0.507 e. The number of phenols is 2. The summed E-state index contributed by atoms with van der Waals surface area (Å²) in [6.45, 7) is 8.32. The Morgan fingerprint density at radius 2 is 1.21 bits per heavy atom. The molecule has 0 saturated heterocycles. The highest BCUT2D eigenvalue weighted by atomic mass is 16.5. The normalized spacial score (nSPS) is 16.0. The van der Waals surface area contributed by atoms with Crippen molar-refractivity contribution >= 4 is 22.9 Å². The number of fused-ring (bicyclic) bond motifs is 6. The summed E-state index contributed by atoms with van der Waals surface area (Å²) in [6, 6.07) is 35.0. The second kappa shape index (κ2) is 19.3. The van der Waals surface area contributed by atoms with Crippen LogP contribution < -0.4 is 9.47 Å². The lowest BCUT2D eigenvalue weighted by Gasteiger charge is -2.24. The van der Waals surface area contributed by atoms with Gasteiger partial charge in [-0.15, -0.1) is 0 Å². The van der Waals surface area contributed by atoms with Crippen LogP contribution >= 0.6 is 0 Å². The van der Waals surface area contributed by atoms with Gasteiger partial charge >= 0.3 is 0 Å². The van der Waals surface area contributed by atoms with Gasteiger partial charge in [0.05, 0.1) is 12.2 Å². The van der Waals surface area contributed by atoms with E-state index in [0.717, 1.165) is 97.7 Å². The summed E-state index contributed by atoms with van der Waals surface area (Å²) in [7, 11) is 0. The molecule has 4 heteroatoms. The van der Waals surface area contributed by atoms with Crippen molar-refractivity contribution in [2.24, 2.45) is 0 Å². The second-order valence-electron chi connectivity index (χ2n) is 18.7. The average Bonchev–Trinajstić information content (AvgIpc) is 3.71. The predicted molar refractivity (Wildman–Crippen MR) is 283 cm³/mol. The average molecular weight is 891 g/mol. The number of aromatic hydroxyl groups is 2. The number of ether oxygens (including phenoxy) is 2. The van der Waals surface area contributed by atoms with Crippen LogP contribution in [-0.2, 0) is 6.42 Å². The number of para-hydroxylation sites is 2. The van der Waals surface area contributed by atoms with E-state index >= 15 is 0 Å². The molecule has 2 atom stereocenters. The van der Waals surface area contributed by atoms with Crippen LogP contribution in [0, 0.1) is 13.8 Å². The molecule has 2 N–H and O–H groups in total. The minimum atomic E-state index is -0.233. The molecule has 0 aromatic heterocycles. The predicted octanol–water partition coefficient (Wildman–Crippen LogP) is 16.4. The van der Waals surface area contributed by atoms with Gasteiger partial charge in [0, 0.05) is 46.2 Å². The highest BCUT2D eigenvalue weighted by Gasteiger charge is 2.25. The number of hydrogen-bond acceptors (Lipinski definition) is 4. The Kier molecular flexibility index (Phi) is 12.6. The van der Waals surface area contributed by atoms with Crippen molar-refractivity contribution in [3.05, 3.63) is 226 Å². The summed E-state index contributed by atoms with van der Waals surface area (Å²) < 4.78 is 13.6. The van der Waals surface area contributed by atoms with Crippen LogP contribution in [0.3, 0.4) is 0 Å². The van der Waals surface area contributed by atoms with E-state index < -0.39 is 0 Å². The Morgan fingerprint density at radius 1 is 0.588 bits per heavy atom. The van der Waals surface area contributed by atoms with Crippen molar-refractivity contribution in [2.45, 2.75) is 78.4 Å². The fraction of sp³-hybridized carbons (Fsp3) is 0.188. The van der Waals surface area contributed by atoms with Crippen LogP contribution in [0.1, 0.15) is 73.8 Å². The van der Waals surface area contributed by atoms with Crippen molar-refractivity contribution < 1.29 is 19.7 Å². The number of allylic oxidation sites excluding steroid dienone is 16. The van der Waals surface area contributed by atoms with E-state index in [1.165, 1.54) is 27.9 Å². The molecule has 0 spiro atoms. The third-order valence-corrected chi connectivity index (χ3v) is 13.5. The SMILES string of the molecule is Cc1cc(CC2=C3C=CCC=CC3=CC3=CC=CC=C2CC3)c(O)c(-c2ccccc2OC(C)C[C@H](C)Oc2ccccc2-c2cc(C)cc(-c3c4c(cc5ccccc35)C=CCC=C4)c2O)c1. The molecule has 0 saturated carbocycles. The Hall–Kier alpha value is -7.56. The van der Waals surface area contributed by atoms with Crippen molar-refractivity contribution in [1.29, 1.82) is 0 Å². The summed E-state index contributed by atoms with van der Waals surface area (Å²) in [5.41, 5.74) is 16.5.